The Bertz CT molecular complexity index is 490. The highest BCUT2D eigenvalue weighted by Crippen LogP contribution is 2.30. The van der Waals surface area contributed by atoms with E-state index in [0.29, 0.717) is 11.4 Å². The van der Waals surface area contributed by atoms with Gasteiger partial charge in [0.1, 0.15) is 11.5 Å². The molecule has 104 valence electrons. The molecular formula is C16H22BrNO. The van der Waals surface area contributed by atoms with Crippen molar-refractivity contribution in [1.82, 2.24) is 0 Å². The predicted molar refractivity (Wildman–Crippen MR) is 88.2 cm³/mol. The Balaban J connectivity index is 0.00000154. The van der Waals surface area contributed by atoms with Gasteiger partial charge in [-0.15, -0.1) is 0 Å². The predicted octanol–water partition coefficient (Wildman–Crippen LogP) is 5.47. The molecule has 0 aromatic heterocycles. The molecule has 0 spiro atoms. The SMILES string of the molecule is C=C/C(C)=C(/Oc1ccc(N)cc1Br)C(=C)C.CC. The largest absolute Gasteiger partial charge is 0.456 e. The van der Waals surface area contributed by atoms with Crippen LogP contribution in [0.1, 0.15) is 27.7 Å². The fourth-order valence-electron chi connectivity index (χ4n) is 1.31. The third kappa shape index (κ3) is 5.35. The maximum atomic E-state index is 5.82. The molecular weight excluding hydrogens is 302 g/mol. The highest BCUT2D eigenvalue weighted by molar-refractivity contribution is 9.10. The Hall–Kier alpha value is -1.48. The fraction of sp³-hybridized carbons (Fsp3) is 0.250. The van der Waals surface area contributed by atoms with Crippen LogP contribution in [0.15, 0.2) is 58.8 Å². The lowest BCUT2D eigenvalue weighted by molar-refractivity contribution is 0.429. The van der Waals surface area contributed by atoms with Crippen LogP contribution in [0.4, 0.5) is 5.69 Å². The Morgan fingerprint density at radius 2 is 1.89 bits per heavy atom. The first kappa shape index (κ1) is 17.5. The molecule has 1 aromatic carbocycles. The van der Waals surface area contributed by atoms with Gasteiger partial charge < -0.3 is 10.5 Å². The van der Waals surface area contributed by atoms with Crippen molar-refractivity contribution in [1.29, 1.82) is 0 Å². The molecule has 0 radical (unpaired) electrons. The first-order valence-electron chi connectivity index (χ1n) is 6.17. The topological polar surface area (TPSA) is 35.2 Å². The molecule has 2 N–H and O–H groups in total. The summed E-state index contributed by atoms with van der Waals surface area (Å²) in [5.74, 6) is 1.43. The normalized spacial score (nSPS) is 10.8. The average Bonchev–Trinajstić information content (AvgIpc) is 2.39. The molecule has 1 rings (SSSR count). The van der Waals surface area contributed by atoms with Crippen LogP contribution in [0.5, 0.6) is 5.75 Å². The van der Waals surface area contributed by atoms with E-state index in [1.807, 2.05) is 33.8 Å². The van der Waals surface area contributed by atoms with Gasteiger partial charge in [0.25, 0.3) is 0 Å². The lowest BCUT2D eigenvalue weighted by Gasteiger charge is -2.13. The Labute approximate surface area is 124 Å². The van der Waals surface area contributed by atoms with E-state index in [1.165, 1.54) is 0 Å². The minimum absolute atomic E-state index is 0.686. The molecule has 0 atom stereocenters. The standard InChI is InChI=1S/C14H16BrNO.C2H6/c1-5-10(4)14(9(2)3)17-13-7-6-11(16)8-12(13)15;1-2/h5-8H,1-2,16H2,3-4H3;1-2H3/b14-10+;. The monoisotopic (exact) mass is 323 g/mol. The molecule has 0 unspecified atom stereocenters. The maximum Gasteiger partial charge on any atom is 0.141 e. The van der Waals surface area contributed by atoms with Gasteiger partial charge in [0, 0.05) is 5.69 Å². The second-order valence-corrected chi connectivity index (χ2v) is 4.64. The molecule has 2 nitrogen and oxygen atoms in total. The molecule has 0 aliphatic heterocycles. The minimum Gasteiger partial charge on any atom is -0.456 e. The molecule has 0 aliphatic carbocycles. The van der Waals surface area contributed by atoms with Gasteiger partial charge in [0.05, 0.1) is 4.47 Å². The zero-order valence-corrected chi connectivity index (χ0v) is 13.7. The number of hydrogen-bond donors (Lipinski definition) is 1. The number of rotatable bonds is 4. The number of halogens is 1. The van der Waals surface area contributed by atoms with Gasteiger partial charge >= 0.3 is 0 Å². The van der Waals surface area contributed by atoms with Gasteiger partial charge in [0.2, 0.25) is 0 Å². The van der Waals surface area contributed by atoms with E-state index in [4.69, 9.17) is 10.5 Å². The molecule has 0 aliphatic rings. The third-order valence-corrected chi connectivity index (χ3v) is 2.84. The van der Waals surface area contributed by atoms with E-state index in [2.05, 4.69) is 29.1 Å². The summed E-state index contributed by atoms with van der Waals surface area (Å²) in [4.78, 5) is 0. The minimum atomic E-state index is 0.686. The summed E-state index contributed by atoms with van der Waals surface area (Å²) >= 11 is 3.41. The van der Waals surface area contributed by atoms with Crippen molar-refractivity contribution in [2.75, 3.05) is 5.73 Å². The van der Waals surface area contributed by atoms with Crippen molar-refractivity contribution < 1.29 is 4.74 Å². The van der Waals surface area contributed by atoms with Crippen LogP contribution in [0.3, 0.4) is 0 Å². The van der Waals surface area contributed by atoms with Crippen molar-refractivity contribution in [2.45, 2.75) is 27.7 Å². The molecule has 0 fully saturated rings. The van der Waals surface area contributed by atoms with Gasteiger partial charge in [-0.05, 0) is 59.1 Å². The van der Waals surface area contributed by atoms with Gasteiger partial charge in [-0.1, -0.05) is 33.1 Å². The highest BCUT2D eigenvalue weighted by Gasteiger charge is 2.08. The number of ether oxygens (including phenoxy) is 1. The zero-order chi connectivity index (χ0) is 15.0. The summed E-state index contributed by atoms with van der Waals surface area (Å²) in [6, 6.07) is 5.41. The molecule has 1 aromatic rings. The number of allylic oxidation sites excluding steroid dienone is 3. The van der Waals surface area contributed by atoms with Crippen LogP contribution in [0.2, 0.25) is 0 Å². The van der Waals surface area contributed by atoms with Gasteiger partial charge in [-0.2, -0.15) is 0 Å². The number of benzene rings is 1. The molecule has 0 bridgehead atoms. The van der Waals surface area contributed by atoms with Gasteiger partial charge in [-0.25, -0.2) is 0 Å². The van der Waals surface area contributed by atoms with Gasteiger partial charge in [0.15, 0.2) is 0 Å². The van der Waals surface area contributed by atoms with Crippen LogP contribution < -0.4 is 10.5 Å². The van der Waals surface area contributed by atoms with E-state index < -0.39 is 0 Å². The van der Waals surface area contributed by atoms with E-state index in [0.717, 1.165) is 21.4 Å². The summed E-state index contributed by atoms with van der Waals surface area (Å²) in [5, 5.41) is 0. The van der Waals surface area contributed by atoms with Crippen molar-refractivity contribution >= 4 is 21.6 Å². The lowest BCUT2D eigenvalue weighted by atomic mass is 10.1. The summed E-state index contributed by atoms with van der Waals surface area (Å²) in [6.07, 6.45) is 1.75. The summed E-state index contributed by atoms with van der Waals surface area (Å²) in [6.45, 7) is 15.5. The van der Waals surface area contributed by atoms with Crippen molar-refractivity contribution in [2.24, 2.45) is 0 Å². The first-order chi connectivity index (χ1) is 8.95. The smallest absolute Gasteiger partial charge is 0.141 e. The van der Waals surface area contributed by atoms with E-state index in [9.17, 15) is 0 Å². The summed E-state index contributed by atoms with van der Waals surface area (Å²) in [7, 11) is 0. The van der Waals surface area contributed by atoms with Crippen molar-refractivity contribution in [3.05, 3.63) is 58.8 Å². The number of nitrogen functional groups attached to an aromatic ring is 1. The Morgan fingerprint density at radius 3 is 2.32 bits per heavy atom. The molecule has 3 heteroatoms. The quantitative estimate of drug-likeness (QED) is 0.453. The van der Waals surface area contributed by atoms with Gasteiger partial charge in [-0.3, -0.25) is 0 Å². The van der Waals surface area contributed by atoms with Crippen LogP contribution >= 0.6 is 15.9 Å². The summed E-state index contributed by atoms with van der Waals surface area (Å²) < 4.78 is 6.63. The van der Waals surface area contributed by atoms with Crippen LogP contribution in [0, 0.1) is 0 Å². The molecule has 0 saturated heterocycles. The average molecular weight is 324 g/mol. The number of anilines is 1. The first-order valence-corrected chi connectivity index (χ1v) is 6.97. The summed E-state index contributed by atoms with van der Waals surface area (Å²) in [5.41, 5.74) is 8.16. The van der Waals surface area contributed by atoms with Crippen molar-refractivity contribution in [3.63, 3.8) is 0 Å². The molecule has 0 heterocycles. The van der Waals surface area contributed by atoms with Crippen molar-refractivity contribution in [3.8, 4) is 5.75 Å². The maximum absolute atomic E-state index is 5.82. The second-order valence-electron chi connectivity index (χ2n) is 3.79. The van der Waals surface area contributed by atoms with E-state index in [1.54, 1.807) is 18.2 Å². The van der Waals surface area contributed by atoms with E-state index in [-0.39, 0.29) is 0 Å². The molecule has 0 amide bonds. The zero-order valence-electron chi connectivity index (χ0n) is 12.1. The second kappa shape index (κ2) is 8.59. The Kier molecular flexibility index (Phi) is 7.92. The van der Waals surface area contributed by atoms with Crippen LogP contribution in [0.25, 0.3) is 0 Å². The third-order valence-electron chi connectivity index (χ3n) is 2.22. The fourth-order valence-corrected chi connectivity index (χ4v) is 1.78. The van der Waals surface area contributed by atoms with Crippen LogP contribution in [-0.2, 0) is 0 Å². The number of hydrogen-bond acceptors (Lipinski definition) is 2. The van der Waals surface area contributed by atoms with Crippen LogP contribution in [-0.4, -0.2) is 0 Å². The highest BCUT2D eigenvalue weighted by atomic mass is 79.9. The van der Waals surface area contributed by atoms with E-state index >= 15 is 0 Å². The molecule has 19 heavy (non-hydrogen) atoms. The molecule has 0 saturated carbocycles. The number of nitrogens with two attached hydrogens (primary N) is 1. The Morgan fingerprint density at radius 1 is 1.32 bits per heavy atom. The lowest BCUT2D eigenvalue weighted by Crippen LogP contribution is -2.00.